The van der Waals surface area contributed by atoms with E-state index in [2.05, 4.69) is 6.92 Å². The van der Waals surface area contributed by atoms with E-state index in [1.807, 2.05) is 4.90 Å². The van der Waals surface area contributed by atoms with Crippen LogP contribution in [-0.2, 0) is 9.53 Å². The first-order chi connectivity index (χ1) is 8.60. The van der Waals surface area contributed by atoms with Crippen LogP contribution in [0.5, 0.6) is 0 Å². The molecule has 0 bridgehead atoms. The van der Waals surface area contributed by atoms with E-state index in [1.165, 1.54) is 0 Å². The highest BCUT2D eigenvalue weighted by Crippen LogP contribution is 2.29. The fourth-order valence-electron chi connectivity index (χ4n) is 3.15. The minimum absolute atomic E-state index is 0.0234. The van der Waals surface area contributed by atoms with Gasteiger partial charge in [0.2, 0.25) is 5.91 Å². The number of morpholine rings is 1. The number of aliphatic hydroxyl groups excluding tert-OH is 1. The van der Waals surface area contributed by atoms with E-state index in [0.29, 0.717) is 25.6 Å². The van der Waals surface area contributed by atoms with E-state index in [4.69, 9.17) is 15.6 Å². The number of hydrogen-bond donors (Lipinski definition) is 2. The molecule has 18 heavy (non-hydrogen) atoms. The van der Waals surface area contributed by atoms with Gasteiger partial charge >= 0.3 is 0 Å². The van der Waals surface area contributed by atoms with Crippen molar-refractivity contribution in [3.63, 3.8) is 0 Å². The van der Waals surface area contributed by atoms with Crippen molar-refractivity contribution in [3.8, 4) is 0 Å². The summed E-state index contributed by atoms with van der Waals surface area (Å²) in [6, 6.07) is 0.150. The van der Waals surface area contributed by atoms with Crippen LogP contribution in [0, 0.1) is 11.8 Å². The molecule has 0 aromatic rings. The first kappa shape index (κ1) is 13.8. The number of carbonyl (C=O) groups excluding carboxylic acids is 1. The Morgan fingerprint density at radius 1 is 1.44 bits per heavy atom. The molecule has 2 fully saturated rings. The zero-order chi connectivity index (χ0) is 13.1. The fourth-order valence-corrected chi connectivity index (χ4v) is 3.15. The van der Waals surface area contributed by atoms with Crippen molar-refractivity contribution in [3.05, 3.63) is 0 Å². The van der Waals surface area contributed by atoms with E-state index in [1.54, 1.807) is 0 Å². The van der Waals surface area contributed by atoms with Gasteiger partial charge in [-0.1, -0.05) is 6.92 Å². The number of rotatable bonds is 2. The molecule has 3 N–H and O–H groups in total. The fraction of sp³-hybridized carbons (Fsp3) is 0.923. The van der Waals surface area contributed by atoms with Gasteiger partial charge in [-0.15, -0.1) is 0 Å². The molecule has 1 saturated heterocycles. The van der Waals surface area contributed by atoms with E-state index >= 15 is 0 Å². The molecule has 1 amide bonds. The molecule has 0 radical (unpaired) electrons. The average molecular weight is 256 g/mol. The second kappa shape index (κ2) is 5.99. The second-order valence-corrected chi connectivity index (χ2v) is 5.73. The van der Waals surface area contributed by atoms with Gasteiger partial charge in [-0.25, -0.2) is 0 Å². The highest BCUT2D eigenvalue weighted by molar-refractivity contribution is 5.79. The first-order valence-electron chi connectivity index (χ1n) is 6.87. The summed E-state index contributed by atoms with van der Waals surface area (Å²) in [5, 5.41) is 9.10. The highest BCUT2D eigenvalue weighted by atomic mass is 16.5. The van der Waals surface area contributed by atoms with Crippen LogP contribution in [0.15, 0.2) is 0 Å². The highest BCUT2D eigenvalue weighted by Gasteiger charge is 2.33. The lowest BCUT2D eigenvalue weighted by molar-refractivity contribution is -0.146. The van der Waals surface area contributed by atoms with Gasteiger partial charge in [0, 0.05) is 25.0 Å². The summed E-state index contributed by atoms with van der Waals surface area (Å²) in [6.07, 6.45) is 2.53. The number of nitrogens with zero attached hydrogens (tertiary/aromatic N) is 1. The zero-order valence-electron chi connectivity index (χ0n) is 11.0. The van der Waals surface area contributed by atoms with Crippen molar-refractivity contribution in [1.82, 2.24) is 4.90 Å². The van der Waals surface area contributed by atoms with Crippen molar-refractivity contribution >= 4 is 5.91 Å². The Morgan fingerprint density at radius 2 is 2.22 bits per heavy atom. The number of nitrogens with two attached hydrogens (primary N) is 1. The maximum atomic E-state index is 12.4. The molecule has 4 unspecified atom stereocenters. The van der Waals surface area contributed by atoms with E-state index in [9.17, 15) is 4.79 Å². The Labute approximate surface area is 108 Å². The van der Waals surface area contributed by atoms with E-state index in [-0.39, 0.29) is 30.6 Å². The zero-order valence-corrected chi connectivity index (χ0v) is 11.0. The summed E-state index contributed by atoms with van der Waals surface area (Å²) in [5.41, 5.74) is 6.00. The van der Waals surface area contributed by atoms with E-state index < -0.39 is 0 Å². The molecule has 1 heterocycles. The molecule has 0 aromatic heterocycles. The van der Waals surface area contributed by atoms with Crippen molar-refractivity contribution in [2.45, 2.75) is 38.3 Å². The third-order valence-electron chi connectivity index (χ3n) is 3.98. The van der Waals surface area contributed by atoms with Crippen molar-refractivity contribution in [2.75, 3.05) is 26.3 Å². The smallest absolute Gasteiger partial charge is 0.225 e. The van der Waals surface area contributed by atoms with Crippen molar-refractivity contribution in [1.29, 1.82) is 0 Å². The van der Waals surface area contributed by atoms with Crippen LogP contribution in [0.3, 0.4) is 0 Å². The topological polar surface area (TPSA) is 75.8 Å². The molecule has 5 heteroatoms. The Morgan fingerprint density at radius 3 is 2.89 bits per heavy atom. The third-order valence-corrected chi connectivity index (χ3v) is 3.98. The molecule has 0 spiro atoms. The molecule has 4 atom stereocenters. The third kappa shape index (κ3) is 3.22. The summed E-state index contributed by atoms with van der Waals surface area (Å²) >= 11 is 0. The lowest BCUT2D eigenvalue weighted by Crippen LogP contribution is -2.50. The Hall–Kier alpha value is -0.650. The van der Waals surface area contributed by atoms with Crippen molar-refractivity contribution in [2.24, 2.45) is 17.6 Å². The van der Waals surface area contributed by atoms with Gasteiger partial charge in [0.25, 0.3) is 0 Å². The predicted molar refractivity (Wildman–Crippen MR) is 67.9 cm³/mol. The predicted octanol–water partition coefficient (Wildman–Crippen LogP) is -0.0304. The van der Waals surface area contributed by atoms with Gasteiger partial charge < -0.3 is 20.5 Å². The molecular weight excluding hydrogens is 232 g/mol. The maximum absolute atomic E-state index is 12.4. The molecule has 1 aliphatic carbocycles. The summed E-state index contributed by atoms with van der Waals surface area (Å²) < 4.78 is 5.37. The molecule has 5 nitrogen and oxygen atoms in total. The summed E-state index contributed by atoms with van der Waals surface area (Å²) in [5.74, 6) is 0.775. The van der Waals surface area contributed by atoms with Gasteiger partial charge in [-0.05, 0) is 25.2 Å². The SMILES string of the molecule is CC1CC(N)CC(C(=O)N2CCOC(CO)C2)C1. The van der Waals surface area contributed by atoms with Gasteiger partial charge in [-0.2, -0.15) is 0 Å². The number of aliphatic hydroxyl groups is 1. The van der Waals surface area contributed by atoms with Crippen LogP contribution in [-0.4, -0.2) is 54.4 Å². The van der Waals surface area contributed by atoms with Crippen LogP contribution in [0.4, 0.5) is 0 Å². The Bertz CT molecular complexity index is 288. The lowest BCUT2D eigenvalue weighted by Gasteiger charge is -2.37. The van der Waals surface area contributed by atoms with Gasteiger partial charge in [0.1, 0.15) is 0 Å². The quantitative estimate of drug-likeness (QED) is 0.727. The minimum atomic E-state index is -0.225. The monoisotopic (exact) mass is 256 g/mol. The molecule has 1 saturated carbocycles. The average Bonchev–Trinajstić information content (AvgIpc) is 2.37. The van der Waals surface area contributed by atoms with Crippen LogP contribution in [0.2, 0.25) is 0 Å². The van der Waals surface area contributed by atoms with Gasteiger partial charge in [0.15, 0.2) is 0 Å². The number of hydrogen-bond acceptors (Lipinski definition) is 4. The Kier molecular flexibility index (Phi) is 4.59. The molecular formula is C13H24N2O3. The Balaban J connectivity index is 1.93. The largest absolute Gasteiger partial charge is 0.394 e. The molecule has 0 aromatic carbocycles. The summed E-state index contributed by atoms with van der Waals surface area (Å²) in [7, 11) is 0. The van der Waals surface area contributed by atoms with E-state index in [0.717, 1.165) is 19.3 Å². The minimum Gasteiger partial charge on any atom is -0.394 e. The van der Waals surface area contributed by atoms with Crippen LogP contribution >= 0.6 is 0 Å². The summed E-state index contributed by atoms with van der Waals surface area (Å²) in [4.78, 5) is 14.3. The maximum Gasteiger partial charge on any atom is 0.225 e. The van der Waals surface area contributed by atoms with Crippen molar-refractivity contribution < 1.29 is 14.6 Å². The molecule has 2 rings (SSSR count). The van der Waals surface area contributed by atoms with Crippen LogP contribution in [0.25, 0.3) is 0 Å². The van der Waals surface area contributed by atoms with Crippen LogP contribution in [0.1, 0.15) is 26.2 Å². The number of carbonyl (C=O) groups is 1. The molecule has 2 aliphatic rings. The van der Waals surface area contributed by atoms with Crippen LogP contribution < -0.4 is 5.73 Å². The van der Waals surface area contributed by atoms with Gasteiger partial charge in [-0.3, -0.25) is 4.79 Å². The molecule has 104 valence electrons. The number of amides is 1. The second-order valence-electron chi connectivity index (χ2n) is 5.73. The van der Waals surface area contributed by atoms with Gasteiger partial charge in [0.05, 0.1) is 19.3 Å². The number of ether oxygens (including phenoxy) is 1. The normalized spacial score (nSPS) is 37.6. The lowest BCUT2D eigenvalue weighted by atomic mass is 9.79. The standard InChI is InChI=1S/C13H24N2O3/c1-9-4-10(6-11(14)5-9)13(17)15-2-3-18-12(7-15)8-16/h9-12,16H,2-8,14H2,1H3. The summed E-state index contributed by atoms with van der Waals surface area (Å²) in [6.45, 7) is 3.80. The first-order valence-corrected chi connectivity index (χ1v) is 6.87. The molecule has 1 aliphatic heterocycles.